The lowest BCUT2D eigenvalue weighted by Gasteiger charge is -2.15. The molecule has 0 bridgehead atoms. The molecule has 1 saturated carbocycles. The molecule has 0 saturated heterocycles. The zero-order chi connectivity index (χ0) is 15.0. The summed E-state index contributed by atoms with van der Waals surface area (Å²) in [5.74, 6) is 1.03. The summed E-state index contributed by atoms with van der Waals surface area (Å²) in [6.07, 6.45) is 2.13. The monoisotopic (exact) mass is 386 g/mol. The first-order valence-corrected chi connectivity index (χ1v) is 8.16. The lowest BCUT2D eigenvalue weighted by Crippen LogP contribution is -2.10. The number of nitrogens with zero attached hydrogens (tertiary/aromatic N) is 2. The van der Waals surface area contributed by atoms with Crippen LogP contribution < -0.4 is 0 Å². The van der Waals surface area contributed by atoms with E-state index in [1.165, 1.54) is 0 Å². The summed E-state index contributed by atoms with van der Waals surface area (Å²) in [5.41, 5.74) is 1.53. The highest BCUT2D eigenvalue weighted by Crippen LogP contribution is 2.43. The predicted octanol–water partition coefficient (Wildman–Crippen LogP) is 5.31. The third-order valence-electron chi connectivity index (χ3n) is 3.51. The lowest BCUT2D eigenvalue weighted by molar-refractivity contribution is 0.0772. The molecular weight excluding hydrogens is 375 g/mol. The first-order chi connectivity index (χ1) is 10.1. The van der Waals surface area contributed by atoms with Gasteiger partial charge in [-0.05, 0) is 36.5 Å². The Bertz CT molecular complexity index is 653. The maximum Gasteiger partial charge on any atom is 0.160 e. The molecule has 6 heteroatoms. The van der Waals surface area contributed by atoms with E-state index in [4.69, 9.17) is 27.9 Å². The first-order valence-electron chi connectivity index (χ1n) is 6.62. The number of methoxy groups -OCH3 is 1. The van der Waals surface area contributed by atoms with Crippen molar-refractivity contribution in [2.45, 2.75) is 18.9 Å². The number of hydrogen-bond donors (Lipinski definition) is 0. The van der Waals surface area contributed by atoms with Crippen molar-refractivity contribution < 1.29 is 4.74 Å². The van der Waals surface area contributed by atoms with Crippen LogP contribution in [0, 0.1) is 5.92 Å². The van der Waals surface area contributed by atoms with Crippen LogP contribution in [-0.2, 0) is 4.74 Å². The first kappa shape index (κ1) is 15.2. The zero-order valence-electron chi connectivity index (χ0n) is 11.3. The highest BCUT2D eigenvalue weighted by atomic mass is 79.9. The Morgan fingerprint density at radius 1 is 1.24 bits per heavy atom. The van der Waals surface area contributed by atoms with Crippen molar-refractivity contribution in [3.63, 3.8) is 0 Å². The molecule has 110 valence electrons. The number of ether oxygens (including phenoxy) is 1. The van der Waals surface area contributed by atoms with Crippen LogP contribution in [0.4, 0.5) is 0 Å². The van der Waals surface area contributed by atoms with Crippen molar-refractivity contribution in [3.8, 4) is 11.1 Å². The molecular formula is C15H13BrCl2N2O. The number of hydrogen-bond acceptors (Lipinski definition) is 3. The summed E-state index contributed by atoms with van der Waals surface area (Å²) < 4.78 is 6.43. The second kappa shape index (κ2) is 6.21. The number of aromatic nitrogens is 2. The molecule has 0 amide bonds. The summed E-state index contributed by atoms with van der Waals surface area (Å²) in [6.45, 7) is 0. The van der Waals surface area contributed by atoms with Gasteiger partial charge >= 0.3 is 0 Å². The van der Waals surface area contributed by atoms with Gasteiger partial charge in [-0.3, -0.25) is 0 Å². The van der Waals surface area contributed by atoms with Crippen molar-refractivity contribution in [1.29, 1.82) is 0 Å². The van der Waals surface area contributed by atoms with Crippen LogP contribution in [0.5, 0.6) is 0 Å². The summed E-state index contributed by atoms with van der Waals surface area (Å²) in [6, 6.07) is 7.72. The van der Waals surface area contributed by atoms with E-state index in [2.05, 4.69) is 25.9 Å². The Hall–Kier alpha value is -0.680. The van der Waals surface area contributed by atoms with E-state index >= 15 is 0 Å². The second-order valence-corrected chi connectivity index (χ2v) is 6.67. The van der Waals surface area contributed by atoms with Gasteiger partial charge < -0.3 is 4.74 Å². The lowest BCUT2D eigenvalue weighted by atomic mass is 10.1. The minimum atomic E-state index is -0.128. The topological polar surface area (TPSA) is 35.0 Å². The molecule has 1 atom stereocenters. The van der Waals surface area contributed by atoms with Gasteiger partial charge in [0.25, 0.3) is 0 Å². The molecule has 1 aromatic heterocycles. The Labute approximate surface area is 141 Å². The molecule has 1 aliphatic carbocycles. The smallest absolute Gasteiger partial charge is 0.160 e. The van der Waals surface area contributed by atoms with Gasteiger partial charge in [0.1, 0.15) is 16.4 Å². The molecule has 0 radical (unpaired) electrons. The normalized spacial score (nSPS) is 16.0. The average molecular weight is 388 g/mol. The standard InChI is InChI=1S/C15H13BrCl2N2O/c1-21-12(8-5-6-8)15-19-13(17)11(14(18)20-15)9-3-2-4-10(16)7-9/h2-4,7-8,12H,5-6H2,1H3. The fourth-order valence-electron chi connectivity index (χ4n) is 2.34. The third kappa shape index (κ3) is 3.24. The molecule has 1 aromatic carbocycles. The maximum absolute atomic E-state index is 6.34. The minimum Gasteiger partial charge on any atom is -0.373 e. The van der Waals surface area contributed by atoms with Gasteiger partial charge in [0.05, 0.1) is 5.56 Å². The van der Waals surface area contributed by atoms with Gasteiger partial charge in [-0.25, -0.2) is 9.97 Å². The largest absolute Gasteiger partial charge is 0.373 e. The highest BCUT2D eigenvalue weighted by Gasteiger charge is 2.35. The molecule has 3 rings (SSSR count). The van der Waals surface area contributed by atoms with Crippen molar-refractivity contribution in [2.75, 3.05) is 7.11 Å². The maximum atomic E-state index is 6.34. The summed E-state index contributed by atoms with van der Waals surface area (Å²) in [4.78, 5) is 8.80. The summed E-state index contributed by atoms with van der Waals surface area (Å²) >= 11 is 16.1. The van der Waals surface area contributed by atoms with E-state index in [0.29, 0.717) is 27.6 Å². The van der Waals surface area contributed by atoms with Gasteiger partial charge in [-0.2, -0.15) is 0 Å². The molecule has 0 aliphatic heterocycles. The fourth-order valence-corrected chi connectivity index (χ4v) is 3.36. The van der Waals surface area contributed by atoms with E-state index in [1.54, 1.807) is 7.11 Å². The molecule has 2 aromatic rings. The van der Waals surface area contributed by atoms with E-state index in [1.807, 2.05) is 24.3 Å². The van der Waals surface area contributed by atoms with Crippen LogP contribution >= 0.6 is 39.1 Å². The molecule has 0 N–H and O–H groups in total. The van der Waals surface area contributed by atoms with Crippen molar-refractivity contribution in [3.05, 3.63) is 44.9 Å². The molecule has 21 heavy (non-hydrogen) atoms. The Kier molecular flexibility index (Phi) is 4.50. The van der Waals surface area contributed by atoms with Crippen LogP contribution in [0.2, 0.25) is 10.3 Å². The van der Waals surface area contributed by atoms with E-state index in [-0.39, 0.29) is 6.10 Å². The highest BCUT2D eigenvalue weighted by molar-refractivity contribution is 9.10. The Morgan fingerprint density at radius 2 is 1.90 bits per heavy atom. The van der Waals surface area contributed by atoms with Gasteiger partial charge in [-0.15, -0.1) is 0 Å². The van der Waals surface area contributed by atoms with Crippen molar-refractivity contribution in [1.82, 2.24) is 9.97 Å². The van der Waals surface area contributed by atoms with Gasteiger partial charge in [0.15, 0.2) is 5.82 Å². The van der Waals surface area contributed by atoms with E-state index in [9.17, 15) is 0 Å². The Morgan fingerprint density at radius 3 is 2.43 bits per heavy atom. The van der Waals surface area contributed by atoms with E-state index in [0.717, 1.165) is 22.9 Å². The summed E-state index contributed by atoms with van der Waals surface area (Å²) in [7, 11) is 1.66. The molecule has 1 unspecified atom stereocenters. The van der Waals surface area contributed by atoms with Crippen LogP contribution in [0.15, 0.2) is 28.7 Å². The number of halogens is 3. The predicted molar refractivity (Wildman–Crippen MR) is 87.7 cm³/mol. The molecule has 1 fully saturated rings. The SMILES string of the molecule is COC(c1nc(Cl)c(-c2cccc(Br)c2)c(Cl)n1)C1CC1. The van der Waals surface area contributed by atoms with Crippen LogP contribution in [-0.4, -0.2) is 17.1 Å². The molecule has 3 nitrogen and oxygen atoms in total. The number of rotatable bonds is 4. The molecule has 0 spiro atoms. The quantitative estimate of drug-likeness (QED) is 0.666. The van der Waals surface area contributed by atoms with Crippen LogP contribution in [0.3, 0.4) is 0 Å². The van der Waals surface area contributed by atoms with Crippen molar-refractivity contribution >= 4 is 39.1 Å². The van der Waals surface area contributed by atoms with E-state index < -0.39 is 0 Å². The van der Waals surface area contributed by atoms with Crippen molar-refractivity contribution in [2.24, 2.45) is 5.92 Å². The molecule has 1 heterocycles. The van der Waals surface area contributed by atoms with Crippen LogP contribution in [0.25, 0.3) is 11.1 Å². The second-order valence-electron chi connectivity index (χ2n) is 5.04. The Balaban J connectivity index is 2.03. The van der Waals surface area contributed by atoms with Crippen LogP contribution in [0.1, 0.15) is 24.8 Å². The molecule has 1 aliphatic rings. The van der Waals surface area contributed by atoms with Gasteiger partial charge in [-0.1, -0.05) is 51.3 Å². The summed E-state index contributed by atoms with van der Waals surface area (Å²) in [5, 5.41) is 0.705. The van der Waals surface area contributed by atoms with Gasteiger partial charge in [0, 0.05) is 11.6 Å². The number of benzene rings is 1. The van der Waals surface area contributed by atoms with Gasteiger partial charge in [0.2, 0.25) is 0 Å². The zero-order valence-corrected chi connectivity index (χ0v) is 14.4. The third-order valence-corrected chi connectivity index (χ3v) is 4.55. The average Bonchev–Trinajstić information content (AvgIpc) is 3.23. The fraction of sp³-hybridized carbons (Fsp3) is 0.333. The minimum absolute atomic E-state index is 0.128.